The highest BCUT2D eigenvalue weighted by atomic mass is 16.5. The Morgan fingerprint density at radius 2 is 1.79 bits per heavy atom. The van der Waals surface area contributed by atoms with E-state index in [1.807, 2.05) is 0 Å². The summed E-state index contributed by atoms with van der Waals surface area (Å²) >= 11 is 0. The quantitative estimate of drug-likeness (QED) is 0.415. The Balaban J connectivity index is 1.72. The van der Waals surface area contributed by atoms with E-state index in [1.165, 1.54) is 27.3 Å². The minimum atomic E-state index is 0.751. The molecule has 5 rings (SSSR count). The van der Waals surface area contributed by atoms with Gasteiger partial charge in [-0.15, -0.1) is 0 Å². The summed E-state index contributed by atoms with van der Waals surface area (Å²) in [5.41, 5.74) is 6.19. The van der Waals surface area contributed by atoms with Crippen molar-refractivity contribution in [2.24, 2.45) is 0 Å². The monoisotopic (exact) mass is 382 g/mol. The number of rotatable bonds is 4. The molecule has 0 atom stereocenters. The van der Waals surface area contributed by atoms with Gasteiger partial charge in [0.15, 0.2) is 0 Å². The lowest BCUT2D eigenvalue weighted by Crippen LogP contribution is -2.27. The van der Waals surface area contributed by atoms with Crippen LogP contribution in [-0.2, 0) is 13.0 Å². The van der Waals surface area contributed by atoms with Gasteiger partial charge >= 0.3 is 0 Å². The van der Waals surface area contributed by atoms with Crippen LogP contribution in [0.3, 0.4) is 0 Å². The van der Waals surface area contributed by atoms with Gasteiger partial charge in [0.25, 0.3) is 0 Å². The van der Waals surface area contributed by atoms with Gasteiger partial charge in [0, 0.05) is 24.0 Å². The second-order valence-electron chi connectivity index (χ2n) is 7.96. The van der Waals surface area contributed by atoms with E-state index in [2.05, 4.69) is 79.5 Å². The van der Waals surface area contributed by atoms with Crippen molar-refractivity contribution in [3.63, 3.8) is 0 Å². The number of hydrogen-bond acceptors (Lipinski definition) is 3. The predicted molar refractivity (Wildman–Crippen MR) is 121 cm³/mol. The van der Waals surface area contributed by atoms with E-state index in [-0.39, 0.29) is 0 Å². The van der Waals surface area contributed by atoms with Crippen LogP contribution >= 0.6 is 0 Å². The number of hydrogen-bond donors (Lipinski definition) is 0. The smallest absolute Gasteiger partial charge is 0.119 e. The third-order valence-corrected chi connectivity index (χ3v) is 5.86. The molecule has 2 heterocycles. The van der Waals surface area contributed by atoms with Crippen LogP contribution in [0.15, 0.2) is 60.7 Å². The lowest BCUT2D eigenvalue weighted by atomic mass is 9.89. The first-order chi connectivity index (χ1) is 14.2. The number of aromatic nitrogens is 1. The molecule has 1 aliphatic rings. The molecule has 29 heavy (non-hydrogen) atoms. The molecule has 0 saturated heterocycles. The molecule has 0 radical (unpaired) electrons. The van der Waals surface area contributed by atoms with Crippen molar-refractivity contribution in [1.29, 1.82) is 0 Å². The Kier molecular flexibility index (Phi) is 4.69. The molecule has 0 N–H and O–H groups in total. The summed E-state index contributed by atoms with van der Waals surface area (Å²) < 4.78 is 5.77. The van der Waals surface area contributed by atoms with Gasteiger partial charge in [-0.2, -0.15) is 0 Å². The minimum Gasteiger partial charge on any atom is -0.494 e. The predicted octanol–water partition coefficient (Wildman–Crippen LogP) is 5.83. The first-order valence-corrected chi connectivity index (χ1v) is 10.5. The molecule has 3 nitrogen and oxygen atoms in total. The molecule has 0 aliphatic carbocycles. The maximum atomic E-state index is 5.77. The van der Waals surface area contributed by atoms with E-state index in [0.717, 1.165) is 55.1 Å². The van der Waals surface area contributed by atoms with E-state index in [0.29, 0.717) is 0 Å². The van der Waals surface area contributed by atoms with Crippen LogP contribution in [0.4, 0.5) is 0 Å². The highest BCUT2D eigenvalue weighted by Gasteiger charge is 2.22. The molecule has 0 fully saturated rings. The second kappa shape index (κ2) is 7.49. The second-order valence-corrected chi connectivity index (χ2v) is 7.96. The first kappa shape index (κ1) is 18.1. The van der Waals surface area contributed by atoms with E-state index >= 15 is 0 Å². The molecule has 0 unspecified atom stereocenters. The number of nitrogens with zero attached hydrogens (tertiary/aromatic N) is 2. The fraction of sp³-hybridized carbons (Fsp3) is 0.269. The summed E-state index contributed by atoms with van der Waals surface area (Å²) in [5, 5.41) is 3.93. The van der Waals surface area contributed by atoms with Gasteiger partial charge in [0.05, 0.1) is 17.8 Å². The Morgan fingerprint density at radius 1 is 0.966 bits per heavy atom. The average molecular weight is 383 g/mol. The van der Waals surface area contributed by atoms with Crippen molar-refractivity contribution < 1.29 is 4.74 Å². The van der Waals surface area contributed by atoms with Crippen molar-refractivity contribution in [1.82, 2.24) is 9.88 Å². The lowest BCUT2D eigenvalue weighted by molar-refractivity contribution is 0.314. The number of likely N-dealkylation sites (N-methyl/N-ethyl adjacent to an activating group) is 1. The van der Waals surface area contributed by atoms with Crippen molar-refractivity contribution in [2.45, 2.75) is 26.3 Å². The van der Waals surface area contributed by atoms with Gasteiger partial charge in [-0.05, 0) is 72.1 Å². The van der Waals surface area contributed by atoms with Gasteiger partial charge in [-0.1, -0.05) is 37.3 Å². The Labute approximate surface area is 171 Å². The highest BCUT2D eigenvalue weighted by molar-refractivity contribution is 6.09. The number of fused-ring (bicyclic) bond motifs is 5. The number of benzene rings is 3. The van der Waals surface area contributed by atoms with E-state index in [9.17, 15) is 0 Å². The number of ether oxygens (including phenoxy) is 1. The molecule has 146 valence electrons. The van der Waals surface area contributed by atoms with Crippen molar-refractivity contribution in [2.75, 3.05) is 20.2 Å². The van der Waals surface area contributed by atoms with Crippen molar-refractivity contribution in [3.05, 3.63) is 71.8 Å². The Hall–Kier alpha value is -2.91. The molecular formula is C26H26N2O. The van der Waals surface area contributed by atoms with Crippen LogP contribution in [0, 0.1) is 0 Å². The summed E-state index contributed by atoms with van der Waals surface area (Å²) in [7, 11) is 2.20. The minimum absolute atomic E-state index is 0.751. The summed E-state index contributed by atoms with van der Waals surface area (Å²) in [6.45, 7) is 4.89. The Bertz CT molecular complexity index is 1180. The summed E-state index contributed by atoms with van der Waals surface area (Å²) in [4.78, 5) is 7.56. The molecule has 0 spiro atoms. The van der Waals surface area contributed by atoms with E-state index < -0.39 is 0 Å². The van der Waals surface area contributed by atoms with Gasteiger partial charge < -0.3 is 9.64 Å². The normalized spacial score (nSPS) is 14.3. The van der Waals surface area contributed by atoms with Crippen LogP contribution in [-0.4, -0.2) is 30.1 Å². The van der Waals surface area contributed by atoms with Crippen molar-refractivity contribution >= 4 is 21.7 Å². The van der Waals surface area contributed by atoms with E-state index in [4.69, 9.17) is 9.72 Å². The Morgan fingerprint density at radius 3 is 2.62 bits per heavy atom. The molecule has 1 aliphatic heterocycles. The SMILES string of the molecule is CCCOc1ccc(-c2nc3ccc4ccccc4c3c3c2CN(C)CC3)cc1. The van der Waals surface area contributed by atoms with Crippen LogP contribution in [0.2, 0.25) is 0 Å². The molecule has 0 bridgehead atoms. The maximum Gasteiger partial charge on any atom is 0.119 e. The molecular weight excluding hydrogens is 356 g/mol. The number of pyridine rings is 1. The summed E-state index contributed by atoms with van der Waals surface area (Å²) in [6.07, 6.45) is 2.07. The van der Waals surface area contributed by atoms with Gasteiger partial charge in [0.2, 0.25) is 0 Å². The van der Waals surface area contributed by atoms with Crippen LogP contribution in [0.1, 0.15) is 24.5 Å². The molecule has 0 amide bonds. The van der Waals surface area contributed by atoms with Crippen LogP contribution in [0.5, 0.6) is 5.75 Å². The zero-order valence-electron chi connectivity index (χ0n) is 17.1. The van der Waals surface area contributed by atoms with Crippen LogP contribution < -0.4 is 4.74 Å². The third kappa shape index (κ3) is 3.26. The maximum absolute atomic E-state index is 5.77. The average Bonchev–Trinajstić information content (AvgIpc) is 2.77. The fourth-order valence-electron chi connectivity index (χ4n) is 4.42. The van der Waals surface area contributed by atoms with Gasteiger partial charge in [-0.3, -0.25) is 0 Å². The third-order valence-electron chi connectivity index (χ3n) is 5.86. The standard InChI is InChI=1S/C26H26N2O/c1-3-16-29-20-11-8-19(9-12-20)26-23-17-28(2)15-14-22(23)25-21-7-5-4-6-18(21)10-13-24(25)27-26/h4-13H,3,14-17H2,1-2H3. The largest absolute Gasteiger partial charge is 0.494 e. The molecule has 3 aromatic carbocycles. The molecule has 4 aromatic rings. The summed E-state index contributed by atoms with van der Waals surface area (Å²) in [5.74, 6) is 0.924. The van der Waals surface area contributed by atoms with E-state index in [1.54, 1.807) is 0 Å². The summed E-state index contributed by atoms with van der Waals surface area (Å²) in [6, 6.07) is 21.5. The molecule has 3 heteroatoms. The zero-order valence-corrected chi connectivity index (χ0v) is 17.1. The fourth-order valence-corrected chi connectivity index (χ4v) is 4.42. The van der Waals surface area contributed by atoms with Crippen molar-refractivity contribution in [3.8, 4) is 17.0 Å². The first-order valence-electron chi connectivity index (χ1n) is 10.5. The zero-order chi connectivity index (χ0) is 19.8. The topological polar surface area (TPSA) is 25.4 Å². The lowest BCUT2D eigenvalue weighted by Gasteiger charge is -2.28. The highest BCUT2D eigenvalue weighted by Crippen LogP contribution is 2.37. The van der Waals surface area contributed by atoms with Gasteiger partial charge in [0.1, 0.15) is 5.75 Å². The molecule has 1 aromatic heterocycles. The van der Waals surface area contributed by atoms with Crippen LogP contribution in [0.25, 0.3) is 32.9 Å². The van der Waals surface area contributed by atoms with Gasteiger partial charge in [-0.25, -0.2) is 4.98 Å². The molecule has 0 saturated carbocycles.